The predicted molar refractivity (Wildman–Crippen MR) is 152 cm³/mol. The van der Waals surface area contributed by atoms with Crippen molar-refractivity contribution in [2.45, 2.75) is 12.3 Å². The third-order valence-corrected chi connectivity index (χ3v) is 6.84. The van der Waals surface area contributed by atoms with E-state index in [-0.39, 0.29) is 12.2 Å². The molecule has 9 nitrogen and oxygen atoms in total. The molecule has 3 aromatic rings. The number of carboxylic acid groups (broad SMARTS) is 1. The second kappa shape index (κ2) is 10.8. The van der Waals surface area contributed by atoms with Crippen molar-refractivity contribution in [1.29, 1.82) is 0 Å². The average Bonchev–Trinajstić information content (AvgIpc) is 2.93. The van der Waals surface area contributed by atoms with Crippen molar-refractivity contribution in [1.82, 2.24) is 4.90 Å². The number of para-hydroxylation sites is 1. The number of aliphatic carboxylic acids is 1. The van der Waals surface area contributed by atoms with Crippen molar-refractivity contribution in [3.63, 3.8) is 0 Å². The zero-order chi connectivity index (χ0) is 26.6. The molecule has 2 atom stereocenters. The van der Waals surface area contributed by atoms with Gasteiger partial charge in [-0.05, 0) is 55.1 Å². The van der Waals surface area contributed by atoms with Crippen LogP contribution in [0.1, 0.15) is 5.56 Å². The highest BCUT2D eigenvalue weighted by atomic mass is 16.4. The number of anilines is 4. The van der Waals surface area contributed by atoms with Gasteiger partial charge in [0.2, 0.25) is 5.91 Å². The van der Waals surface area contributed by atoms with Gasteiger partial charge in [-0.1, -0.05) is 36.9 Å². The summed E-state index contributed by atoms with van der Waals surface area (Å²) in [7, 11) is 1.85. The highest BCUT2D eigenvalue weighted by Gasteiger charge is 2.30. The van der Waals surface area contributed by atoms with Gasteiger partial charge in [-0.25, -0.2) is 4.99 Å². The Hall–Kier alpha value is -4.63. The lowest BCUT2D eigenvalue weighted by molar-refractivity contribution is -0.142. The van der Waals surface area contributed by atoms with E-state index in [0.29, 0.717) is 18.8 Å². The molecular weight excluding hydrogens is 480 g/mol. The van der Waals surface area contributed by atoms with Crippen LogP contribution in [-0.4, -0.2) is 67.1 Å². The molecule has 0 spiro atoms. The molecule has 1 saturated heterocycles. The second-order valence-corrected chi connectivity index (χ2v) is 9.34. The summed E-state index contributed by atoms with van der Waals surface area (Å²) < 4.78 is 0. The van der Waals surface area contributed by atoms with Gasteiger partial charge < -0.3 is 26.0 Å². The molecule has 5 rings (SSSR count). The van der Waals surface area contributed by atoms with Crippen molar-refractivity contribution >= 4 is 40.8 Å². The molecule has 2 unspecified atom stereocenters. The number of hydrogen-bond acceptors (Lipinski definition) is 7. The highest BCUT2D eigenvalue weighted by Crippen LogP contribution is 2.34. The Kier molecular flexibility index (Phi) is 7.10. The molecule has 3 aromatic carbocycles. The first-order valence-electron chi connectivity index (χ1n) is 12.4. The van der Waals surface area contributed by atoms with Gasteiger partial charge in [0.1, 0.15) is 6.04 Å². The molecule has 1 amide bonds. The Labute approximate surface area is 221 Å². The normalized spacial score (nSPS) is 18.7. The van der Waals surface area contributed by atoms with Crippen molar-refractivity contribution < 1.29 is 14.7 Å². The predicted octanol–water partition coefficient (Wildman–Crippen LogP) is 3.92. The average molecular weight is 511 g/mol. The van der Waals surface area contributed by atoms with Gasteiger partial charge in [0.15, 0.2) is 6.29 Å². The number of amides is 1. The lowest BCUT2D eigenvalue weighted by atomic mass is 9.99. The van der Waals surface area contributed by atoms with E-state index < -0.39 is 12.0 Å². The minimum absolute atomic E-state index is 0.257. The van der Waals surface area contributed by atoms with Crippen molar-refractivity contribution in [3.8, 4) is 11.1 Å². The minimum Gasteiger partial charge on any atom is -0.480 e. The molecule has 4 N–H and O–H groups in total. The van der Waals surface area contributed by atoms with Crippen LogP contribution in [0.15, 0.2) is 84.4 Å². The first kappa shape index (κ1) is 25.0. The first-order valence-corrected chi connectivity index (χ1v) is 12.4. The zero-order valence-corrected chi connectivity index (χ0v) is 21.1. The fourth-order valence-corrected chi connectivity index (χ4v) is 4.74. The lowest BCUT2D eigenvalue weighted by Gasteiger charge is -2.38. The van der Waals surface area contributed by atoms with Gasteiger partial charge in [-0.3, -0.25) is 14.5 Å². The molecule has 0 saturated carbocycles. The van der Waals surface area contributed by atoms with Gasteiger partial charge in [0.25, 0.3) is 0 Å². The topological polar surface area (TPSA) is 109 Å². The molecule has 0 aromatic heterocycles. The SMILES string of the molecule is C=CC(=O)Nc1cccc(-c2cccc3c2NC(Nc2ccc(N4CCN(C)C(C(=O)O)C4)cc2)N=C3)c1. The molecule has 1 fully saturated rings. The number of rotatable bonds is 7. The van der Waals surface area contributed by atoms with E-state index in [0.717, 1.165) is 40.3 Å². The van der Waals surface area contributed by atoms with Crippen LogP contribution in [0.25, 0.3) is 11.1 Å². The standard InChI is InChI=1S/C29H30N6O3/c1-3-26(36)31-22-8-4-6-19(16-22)24-9-5-7-20-17-30-29(33-27(20)24)32-21-10-12-23(13-11-21)35-15-14-34(2)25(18-35)28(37)38/h3-13,16-17,25,29,32-33H,1,14-15,18H2,2H3,(H,31,36)(H,37,38). The number of carbonyl (C=O) groups excluding carboxylic acids is 1. The summed E-state index contributed by atoms with van der Waals surface area (Å²) in [6, 6.07) is 21.1. The van der Waals surface area contributed by atoms with Gasteiger partial charge in [-0.15, -0.1) is 0 Å². The molecule has 2 heterocycles. The maximum atomic E-state index is 11.7. The van der Waals surface area contributed by atoms with Gasteiger partial charge in [-0.2, -0.15) is 0 Å². The van der Waals surface area contributed by atoms with Crippen molar-refractivity contribution in [3.05, 3.63) is 84.9 Å². The van der Waals surface area contributed by atoms with E-state index in [9.17, 15) is 14.7 Å². The van der Waals surface area contributed by atoms with Gasteiger partial charge in [0, 0.05) is 54.0 Å². The summed E-state index contributed by atoms with van der Waals surface area (Å²) in [5, 5.41) is 19.2. The van der Waals surface area contributed by atoms with Gasteiger partial charge >= 0.3 is 5.97 Å². The maximum absolute atomic E-state index is 11.7. The summed E-state index contributed by atoms with van der Waals surface area (Å²) in [6.45, 7) is 5.43. The molecular formula is C29H30N6O3. The monoisotopic (exact) mass is 510 g/mol. The largest absolute Gasteiger partial charge is 0.480 e. The van der Waals surface area contributed by atoms with Crippen LogP contribution in [0.2, 0.25) is 0 Å². The number of hydrogen-bond donors (Lipinski definition) is 4. The lowest BCUT2D eigenvalue weighted by Crippen LogP contribution is -2.54. The Balaban J connectivity index is 1.30. The Morgan fingerprint density at radius 3 is 2.63 bits per heavy atom. The van der Waals surface area contributed by atoms with Crippen LogP contribution >= 0.6 is 0 Å². The number of carboxylic acids is 1. The fraction of sp³-hybridized carbons (Fsp3) is 0.207. The van der Waals surface area contributed by atoms with Crippen LogP contribution in [0, 0.1) is 0 Å². The maximum Gasteiger partial charge on any atom is 0.322 e. The quantitative estimate of drug-likeness (QED) is 0.357. The number of fused-ring (bicyclic) bond motifs is 1. The number of likely N-dealkylation sites (N-methyl/N-ethyl adjacent to an activating group) is 1. The summed E-state index contributed by atoms with van der Waals surface area (Å²) >= 11 is 0. The fourth-order valence-electron chi connectivity index (χ4n) is 4.74. The number of piperazine rings is 1. The highest BCUT2D eigenvalue weighted by molar-refractivity contribution is 6.00. The molecule has 0 bridgehead atoms. The Morgan fingerprint density at radius 1 is 1.08 bits per heavy atom. The zero-order valence-electron chi connectivity index (χ0n) is 21.1. The van der Waals surface area contributed by atoms with Crippen LogP contribution in [0.4, 0.5) is 22.7 Å². The van der Waals surface area contributed by atoms with Crippen LogP contribution in [0.5, 0.6) is 0 Å². The molecule has 194 valence electrons. The van der Waals surface area contributed by atoms with E-state index in [1.807, 2.05) is 84.9 Å². The summed E-state index contributed by atoms with van der Waals surface area (Å²) in [6.07, 6.45) is 2.72. The summed E-state index contributed by atoms with van der Waals surface area (Å²) in [5.74, 6) is -1.06. The Bertz CT molecular complexity index is 1390. The van der Waals surface area contributed by atoms with E-state index in [2.05, 4.69) is 32.4 Å². The van der Waals surface area contributed by atoms with Crippen LogP contribution < -0.4 is 20.9 Å². The smallest absolute Gasteiger partial charge is 0.322 e. The number of nitrogens with zero attached hydrogens (tertiary/aromatic N) is 3. The van der Waals surface area contributed by atoms with Crippen molar-refractivity contribution in [2.24, 2.45) is 4.99 Å². The molecule has 2 aliphatic heterocycles. The number of benzene rings is 3. The molecule has 38 heavy (non-hydrogen) atoms. The molecule has 2 aliphatic rings. The van der Waals surface area contributed by atoms with E-state index in [4.69, 9.17) is 0 Å². The Morgan fingerprint density at radius 2 is 1.87 bits per heavy atom. The molecule has 9 heteroatoms. The van der Waals surface area contributed by atoms with Crippen LogP contribution in [-0.2, 0) is 9.59 Å². The molecule has 0 aliphatic carbocycles. The number of nitrogens with one attached hydrogen (secondary N) is 3. The third-order valence-electron chi connectivity index (χ3n) is 6.84. The van der Waals surface area contributed by atoms with E-state index in [1.165, 1.54) is 6.08 Å². The third kappa shape index (κ3) is 5.37. The van der Waals surface area contributed by atoms with Gasteiger partial charge in [0.05, 0.1) is 5.69 Å². The summed E-state index contributed by atoms with van der Waals surface area (Å²) in [4.78, 5) is 31.9. The minimum atomic E-state index is -0.801. The molecule has 0 radical (unpaired) electrons. The van der Waals surface area contributed by atoms with Crippen LogP contribution in [0.3, 0.4) is 0 Å². The number of carbonyl (C=O) groups is 2. The summed E-state index contributed by atoms with van der Waals surface area (Å²) in [5.41, 5.74) is 6.45. The number of aliphatic imine (C=N–C) groups is 1. The van der Waals surface area contributed by atoms with Crippen molar-refractivity contribution in [2.75, 3.05) is 47.5 Å². The van der Waals surface area contributed by atoms with E-state index in [1.54, 1.807) is 0 Å². The second-order valence-electron chi connectivity index (χ2n) is 9.34. The van der Waals surface area contributed by atoms with E-state index >= 15 is 0 Å². The first-order chi connectivity index (χ1) is 18.4.